The lowest BCUT2D eigenvalue weighted by molar-refractivity contribution is -0.136. The van der Waals surface area contributed by atoms with Gasteiger partial charge in [-0.3, -0.25) is 9.59 Å². The van der Waals surface area contributed by atoms with Gasteiger partial charge in [-0.15, -0.1) is 0 Å². The monoisotopic (exact) mass is 403 g/mol. The zero-order valence-corrected chi connectivity index (χ0v) is 15.5. The van der Waals surface area contributed by atoms with Crippen LogP contribution >= 0.6 is 15.9 Å². The molecule has 0 aliphatic rings. The number of amides is 2. The molecule has 0 aliphatic carbocycles. The van der Waals surface area contributed by atoms with Crippen LogP contribution in [0.4, 0.5) is 5.69 Å². The van der Waals surface area contributed by atoms with E-state index in [1.54, 1.807) is 37.4 Å². The third-order valence-corrected chi connectivity index (χ3v) is 4.12. The normalized spacial score (nSPS) is 10.5. The third kappa shape index (κ3) is 5.42. The number of methoxy groups -OCH3 is 1. The van der Waals surface area contributed by atoms with E-state index < -0.39 is 11.8 Å². The van der Waals surface area contributed by atoms with Crippen LogP contribution in [-0.2, 0) is 16.0 Å². The Morgan fingerprint density at radius 1 is 1.16 bits per heavy atom. The Morgan fingerprint density at radius 2 is 1.88 bits per heavy atom. The Morgan fingerprint density at radius 3 is 2.52 bits per heavy atom. The summed E-state index contributed by atoms with van der Waals surface area (Å²) < 4.78 is 5.91. The van der Waals surface area contributed by atoms with Gasteiger partial charge in [0.15, 0.2) is 0 Å². The minimum Gasteiger partial charge on any atom is -0.497 e. The Hall–Kier alpha value is -2.67. The molecule has 0 spiro atoms. The van der Waals surface area contributed by atoms with Gasteiger partial charge in [0, 0.05) is 15.7 Å². The molecule has 2 rings (SSSR count). The number of hydrazone groups is 1. The summed E-state index contributed by atoms with van der Waals surface area (Å²) in [6.45, 7) is 2.04. The highest BCUT2D eigenvalue weighted by molar-refractivity contribution is 9.10. The SMILES string of the molecule is CCc1ccc(NC(=O)C(=O)N/N=C/c2cc(OC)ccc2Br)cc1. The minimum absolute atomic E-state index is 0.553. The van der Waals surface area contributed by atoms with Crippen LogP contribution in [0.15, 0.2) is 52.0 Å². The molecule has 0 bridgehead atoms. The Labute approximate surface area is 154 Å². The first-order valence-electron chi connectivity index (χ1n) is 7.60. The van der Waals surface area contributed by atoms with Crippen LogP contribution in [0.1, 0.15) is 18.1 Å². The van der Waals surface area contributed by atoms with Crippen LogP contribution in [0.3, 0.4) is 0 Å². The maximum absolute atomic E-state index is 11.9. The van der Waals surface area contributed by atoms with Crippen molar-refractivity contribution in [1.29, 1.82) is 0 Å². The summed E-state index contributed by atoms with van der Waals surface area (Å²) in [5.41, 5.74) is 4.60. The summed E-state index contributed by atoms with van der Waals surface area (Å²) in [5, 5.41) is 6.31. The number of halogens is 1. The van der Waals surface area contributed by atoms with Crippen molar-refractivity contribution in [2.45, 2.75) is 13.3 Å². The van der Waals surface area contributed by atoms with Gasteiger partial charge in [0.2, 0.25) is 0 Å². The number of nitrogens with one attached hydrogen (secondary N) is 2. The molecule has 0 fully saturated rings. The lowest BCUT2D eigenvalue weighted by Crippen LogP contribution is -2.32. The summed E-state index contributed by atoms with van der Waals surface area (Å²) in [7, 11) is 1.56. The average molecular weight is 404 g/mol. The fourth-order valence-electron chi connectivity index (χ4n) is 1.97. The maximum Gasteiger partial charge on any atom is 0.329 e. The van der Waals surface area contributed by atoms with E-state index in [2.05, 4.69) is 31.8 Å². The van der Waals surface area contributed by atoms with Crippen LogP contribution in [0, 0.1) is 0 Å². The minimum atomic E-state index is -0.852. The first kappa shape index (κ1) is 18.7. The molecule has 0 radical (unpaired) electrons. The van der Waals surface area contributed by atoms with Crippen molar-refractivity contribution in [3.8, 4) is 5.75 Å². The Kier molecular flexibility index (Phi) is 6.71. The van der Waals surface area contributed by atoms with Crippen molar-refractivity contribution >= 4 is 39.6 Å². The smallest absolute Gasteiger partial charge is 0.329 e. The third-order valence-electron chi connectivity index (χ3n) is 3.40. The lowest BCUT2D eigenvalue weighted by atomic mass is 10.1. The van der Waals surface area contributed by atoms with E-state index in [4.69, 9.17) is 4.74 Å². The molecule has 7 heteroatoms. The highest BCUT2D eigenvalue weighted by Crippen LogP contribution is 2.20. The second kappa shape index (κ2) is 8.98. The zero-order valence-electron chi connectivity index (χ0n) is 13.9. The van der Waals surface area contributed by atoms with Crippen LogP contribution in [0.5, 0.6) is 5.75 Å². The van der Waals surface area contributed by atoms with Gasteiger partial charge in [0.05, 0.1) is 13.3 Å². The molecule has 0 atom stereocenters. The van der Waals surface area contributed by atoms with Crippen molar-refractivity contribution in [2.24, 2.45) is 5.10 Å². The number of rotatable bonds is 5. The summed E-state index contributed by atoms with van der Waals surface area (Å²) >= 11 is 3.37. The molecule has 2 aromatic rings. The van der Waals surface area contributed by atoms with Gasteiger partial charge in [-0.2, -0.15) is 5.10 Å². The highest BCUT2D eigenvalue weighted by Gasteiger charge is 2.12. The molecule has 6 nitrogen and oxygen atoms in total. The van der Waals surface area contributed by atoms with Crippen LogP contribution in [-0.4, -0.2) is 25.1 Å². The van der Waals surface area contributed by atoms with Crippen LogP contribution in [0.2, 0.25) is 0 Å². The molecular formula is C18H18BrN3O3. The van der Waals surface area contributed by atoms with Gasteiger partial charge in [0.1, 0.15) is 5.75 Å². The molecule has 0 saturated carbocycles. The molecule has 0 aromatic heterocycles. The van der Waals surface area contributed by atoms with Gasteiger partial charge in [0.25, 0.3) is 0 Å². The number of carbonyl (C=O) groups is 2. The van der Waals surface area contributed by atoms with Gasteiger partial charge in [-0.25, -0.2) is 5.43 Å². The van der Waals surface area contributed by atoms with Crippen LogP contribution < -0.4 is 15.5 Å². The predicted octanol–water partition coefficient (Wildman–Crippen LogP) is 3.11. The fraction of sp³-hybridized carbons (Fsp3) is 0.167. The first-order valence-corrected chi connectivity index (χ1v) is 8.39. The Balaban J connectivity index is 1.93. The van der Waals surface area contributed by atoms with Crippen molar-refractivity contribution in [3.05, 3.63) is 58.1 Å². The molecule has 2 N–H and O–H groups in total. The topological polar surface area (TPSA) is 79.8 Å². The van der Waals surface area contributed by atoms with Crippen molar-refractivity contribution in [3.63, 3.8) is 0 Å². The molecule has 0 saturated heterocycles. The number of carbonyl (C=O) groups excluding carboxylic acids is 2. The average Bonchev–Trinajstić information content (AvgIpc) is 2.63. The molecule has 25 heavy (non-hydrogen) atoms. The van der Waals surface area contributed by atoms with E-state index in [9.17, 15) is 9.59 Å². The van der Waals surface area contributed by atoms with E-state index in [0.717, 1.165) is 16.5 Å². The van der Waals surface area contributed by atoms with E-state index in [1.165, 1.54) is 6.21 Å². The zero-order chi connectivity index (χ0) is 18.2. The second-order valence-electron chi connectivity index (χ2n) is 5.09. The van der Waals surface area contributed by atoms with E-state index >= 15 is 0 Å². The molecule has 130 valence electrons. The van der Waals surface area contributed by atoms with Gasteiger partial charge >= 0.3 is 11.8 Å². The molecule has 0 unspecified atom stereocenters. The van der Waals surface area contributed by atoms with Gasteiger partial charge in [-0.05, 0) is 42.3 Å². The number of ether oxygens (including phenoxy) is 1. The van der Waals surface area contributed by atoms with Gasteiger partial charge < -0.3 is 10.1 Å². The maximum atomic E-state index is 11.9. The summed E-state index contributed by atoms with van der Waals surface area (Å²) in [4.78, 5) is 23.6. The molecular weight excluding hydrogens is 386 g/mol. The number of hydrogen-bond acceptors (Lipinski definition) is 4. The Bertz CT molecular complexity index is 789. The van der Waals surface area contributed by atoms with Crippen LogP contribution in [0.25, 0.3) is 0 Å². The fourth-order valence-corrected chi connectivity index (χ4v) is 2.32. The van der Waals surface area contributed by atoms with Gasteiger partial charge in [-0.1, -0.05) is 35.0 Å². The largest absolute Gasteiger partial charge is 0.497 e. The van der Waals surface area contributed by atoms with Crippen molar-refractivity contribution in [2.75, 3.05) is 12.4 Å². The molecule has 0 aliphatic heterocycles. The molecule has 2 aromatic carbocycles. The quantitative estimate of drug-likeness (QED) is 0.457. The summed E-state index contributed by atoms with van der Waals surface area (Å²) in [5.74, 6) is -0.981. The lowest BCUT2D eigenvalue weighted by Gasteiger charge is -2.05. The summed E-state index contributed by atoms with van der Waals surface area (Å²) in [6, 6.07) is 12.6. The van der Waals surface area contributed by atoms with Crippen molar-refractivity contribution in [1.82, 2.24) is 5.43 Å². The standard InChI is InChI=1S/C18H18BrN3O3/c1-3-12-4-6-14(7-5-12)21-17(23)18(24)22-20-11-13-10-15(25-2)8-9-16(13)19/h4-11H,3H2,1-2H3,(H,21,23)(H,22,24)/b20-11+. The number of anilines is 1. The number of nitrogens with zero attached hydrogens (tertiary/aromatic N) is 1. The number of hydrogen-bond donors (Lipinski definition) is 2. The number of aryl methyl sites for hydroxylation is 1. The highest BCUT2D eigenvalue weighted by atomic mass is 79.9. The number of benzene rings is 2. The van der Waals surface area contributed by atoms with Crippen molar-refractivity contribution < 1.29 is 14.3 Å². The molecule has 0 heterocycles. The van der Waals surface area contributed by atoms with E-state index in [1.807, 2.05) is 19.1 Å². The first-order chi connectivity index (χ1) is 12.0. The summed E-state index contributed by atoms with van der Waals surface area (Å²) in [6.07, 6.45) is 2.33. The molecule has 2 amide bonds. The second-order valence-corrected chi connectivity index (χ2v) is 5.95. The van der Waals surface area contributed by atoms with E-state index in [0.29, 0.717) is 17.0 Å². The predicted molar refractivity (Wildman–Crippen MR) is 101 cm³/mol. The van der Waals surface area contributed by atoms with E-state index in [-0.39, 0.29) is 0 Å².